The lowest BCUT2D eigenvalue weighted by Crippen LogP contribution is -2.56. The number of carboxylic acid groups (broad SMARTS) is 1. The van der Waals surface area contributed by atoms with Gasteiger partial charge in [0.15, 0.2) is 0 Å². The van der Waals surface area contributed by atoms with Crippen LogP contribution in [-0.2, 0) is 20.8 Å². The number of carbonyl (C=O) groups is 3. The average Bonchev–Trinajstić information content (AvgIpc) is 2.62. The topological polar surface area (TPSA) is 86.7 Å². The van der Waals surface area contributed by atoms with Crippen molar-refractivity contribution in [2.24, 2.45) is 0 Å². The molecule has 0 radical (unpaired) electrons. The minimum absolute atomic E-state index is 0.0667. The normalized spacial score (nSPS) is 21.6. The number of hydrogen-bond donors (Lipinski definition) is 2. The van der Waals surface area contributed by atoms with Crippen LogP contribution in [0, 0.1) is 0 Å². The van der Waals surface area contributed by atoms with Gasteiger partial charge in [-0.15, -0.1) is 0 Å². The van der Waals surface area contributed by atoms with Crippen LogP contribution < -0.4 is 5.32 Å². The molecule has 0 saturated heterocycles. The third kappa shape index (κ3) is 3.59. The Kier molecular flexibility index (Phi) is 5.30. The molecule has 6 heteroatoms. The quantitative estimate of drug-likeness (QED) is 0.865. The molecule has 1 unspecified atom stereocenters. The Morgan fingerprint density at radius 1 is 1.19 bits per heavy atom. The highest BCUT2D eigenvalue weighted by molar-refractivity contribution is 5.88. The first-order valence-corrected chi connectivity index (χ1v) is 9.32. The van der Waals surface area contributed by atoms with E-state index >= 15 is 0 Å². The molecule has 140 valence electrons. The van der Waals surface area contributed by atoms with Crippen molar-refractivity contribution < 1.29 is 19.5 Å². The molecule has 1 atom stereocenters. The number of amides is 2. The number of rotatable bonds is 4. The van der Waals surface area contributed by atoms with Gasteiger partial charge in [-0.2, -0.15) is 0 Å². The highest BCUT2D eigenvalue weighted by atomic mass is 16.4. The molecule has 1 saturated carbocycles. The molecule has 2 aliphatic rings. The summed E-state index contributed by atoms with van der Waals surface area (Å²) >= 11 is 0. The van der Waals surface area contributed by atoms with Gasteiger partial charge in [0, 0.05) is 13.5 Å². The number of fused-ring (bicyclic) bond motifs is 1. The molecule has 2 N–H and O–H groups in total. The van der Waals surface area contributed by atoms with E-state index in [2.05, 4.69) is 5.32 Å². The maximum Gasteiger partial charge on any atom is 0.329 e. The van der Waals surface area contributed by atoms with E-state index in [1.807, 2.05) is 24.3 Å². The first-order valence-electron chi connectivity index (χ1n) is 9.32. The Morgan fingerprint density at radius 3 is 2.54 bits per heavy atom. The summed E-state index contributed by atoms with van der Waals surface area (Å²) in [5.41, 5.74) is 0.968. The zero-order valence-corrected chi connectivity index (χ0v) is 15.2. The SMILES string of the molecule is CC(=O)N1CCc2ccccc2C1CC(=O)NC1(C(=O)O)CCCCC1. The van der Waals surface area contributed by atoms with E-state index < -0.39 is 11.5 Å². The third-order valence-corrected chi connectivity index (χ3v) is 5.69. The fraction of sp³-hybridized carbons (Fsp3) is 0.550. The molecule has 1 heterocycles. The summed E-state index contributed by atoms with van der Waals surface area (Å²) in [6, 6.07) is 7.51. The summed E-state index contributed by atoms with van der Waals surface area (Å²) < 4.78 is 0. The smallest absolute Gasteiger partial charge is 0.329 e. The number of hydrogen-bond acceptors (Lipinski definition) is 3. The number of aliphatic carboxylic acids is 1. The number of carbonyl (C=O) groups excluding carboxylic acids is 2. The van der Waals surface area contributed by atoms with Gasteiger partial charge in [0.2, 0.25) is 11.8 Å². The second-order valence-corrected chi connectivity index (χ2v) is 7.38. The summed E-state index contributed by atoms with van der Waals surface area (Å²) in [7, 11) is 0. The summed E-state index contributed by atoms with van der Waals surface area (Å²) in [5.74, 6) is -1.33. The van der Waals surface area contributed by atoms with Gasteiger partial charge in [-0.3, -0.25) is 9.59 Å². The van der Waals surface area contributed by atoms with Crippen molar-refractivity contribution in [1.82, 2.24) is 10.2 Å². The highest BCUT2D eigenvalue weighted by Gasteiger charge is 2.42. The van der Waals surface area contributed by atoms with Crippen molar-refractivity contribution in [3.05, 3.63) is 35.4 Å². The Hall–Kier alpha value is -2.37. The van der Waals surface area contributed by atoms with Crippen LogP contribution in [0.4, 0.5) is 0 Å². The van der Waals surface area contributed by atoms with E-state index in [4.69, 9.17) is 0 Å². The highest BCUT2D eigenvalue weighted by Crippen LogP contribution is 2.33. The Bertz CT molecular complexity index is 710. The lowest BCUT2D eigenvalue weighted by atomic mass is 9.81. The Labute approximate surface area is 153 Å². The fourth-order valence-corrected chi connectivity index (χ4v) is 4.29. The van der Waals surface area contributed by atoms with E-state index in [0.29, 0.717) is 19.4 Å². The maximum absolute atomic E-state index is 12.8. The second-order valence-electron chi connectivity index (χ2n) is 7.38. The largest absolute Gasteiger partial charge is 0.480 e. The van der Waals surface area contributed by atoms with Crippen LogP contribution in [0.1, 0.15) is 62.6 Å². The van der Waals surface area contributed by atoms with E-state index in [0.717, 1.165) is 36.8 Å². The Morgan fingerprint density at radius 2 is 1.88 bits per heavy atom. The lowest BCUT2D eigenvalue weighted by molar-refractivity contribution is -0.149. The van der Waals surface area contributed by atoms with Crippen molar-refractivity contribution in [2.45, 2.75) is 63.5 Å². The maximum atomic E-state index is 12.8. The standard InChI is InChI=1S/C20H26N2O4/c1-14(23)22-12-9-15-7-3-4-8-16(15)17(22)13-18(24)21-20(19(25)26)10-5-2-6-11-20/h3-4,7-8,17H,2,5-6,9-13H2,1H3,(H,21,24)(H,25,26). The average molecular weight is 358 g/mol. The molecule has 1 aliphatic carbocycles. The van der Waals surface area contributed by atoms with E-state index in [1.54, 1.807) is 4.90 Å². The fourth-order valence-electron chi connectivity index (χ4n) is 4.29. The van der Waals surface area contributed by atoms with Crippen LogP contribution in [0.2, 0.25) is 0 Å². The number of benzene rings is 1. The van der Waals surface area contributed by atoms with Crippen LogP contribution in [0.25, 0.3) is 0 Å². The van der Waals surface area contributed by atoms with Crippen LogP contribution >= 0.6 is 0 Å². The molecule has 2 amide bonds. The Balaban J connectivity index is 1.80. The molecule has 6 nitrogen and oxygen atoms in total. The number of nitrogens with zero attached hydrogens (tertiary/aromatic N) is 1. The summed E-state index contributed by atoms with van der Waals surface area (Å²) in [5, 5.41) is 12.5. The van der Waals surface area contributed by atoms with Gasteiger partial charge in [-0.1, -0.05) is 43.5 Å². The van der Waals surface area contributed by atoms with Gasteiger partial charge in [0.05, 0.1) is 12.5 Å². The molecule has 1 fully saturated rings. The van der Waals surface area contributed by atoms with Crippen LogP contribution in [-0.4, -0.2) is 39.9 Å². The van der Waals surface area contributed by atoms with E-state index in [9.17, 15) is 19.5 Å². The molecular formula is C20H26N2O4. The van der Waals surface area contributed by atoms with Gasteiger partial charge >= 0.3 is 5.97 Å². The van der Waals surface area contributed by atoms with Crippen molar-refractivity contribution in [2.75, 3.05) is 6.54 Å². The summed E-state index contributed by atoms with van der Waals surface area (Å²) in [6.45, 7) is 2.09. The molecule has 26 heavy (non-hydrogen) atoms. The first-order chi connectivity index (χ1) is 12.4. The molecule has 0 spiro atoms. The van der Waals surface area contributed by atoms with Gasteiger partial charge in [0.25, 0.3) is 0 Å². The van der Waals surface area contributed by atoms with E-state index in [1.165, 1.54) is 6.92 Å². The first kappa shape index (κ1) is 18.4. The molecular weight excluding hydrogens is 332 g/mol. The van der Waals surface area contributed by atoms with Crippen molar-refractivity contribution in [3.63, 3.8) is 0 Å². The lowest BCUT2D eigenvalue weighted by Gasteiger charge is -2.38. The van der Waals surface area contributed by atoms with Gasteiger partial charge in [0.1, 0.15) is 5.54 Å². The van der Waals surface area contributed by atoms with Crippen molar-refractivity contribution in [3.8, 4) is 0 Å². The van der Waals surface area contributed by atoms with Gasteiger partial charge in [-0.25, -0.2) is 4.79 Å². The number of carboxylic acids is 1. The summed E-state index contributed by atoms with van der Waals surface area (Å²) in [4.78, 5) is 38.3. The zero-order chi connectivity index (χ0) is 18.7. The van der Waals surface area contributed by atoms with Gasteiger partial charge < -0.3 is 15.3 Å². The molecule has 1 aromatic carbocycles. The van der Waals surface area contributed by atoms with Crippen molar-refractivity contribution in [1.29, 1.82) is 0 Å². The molecule has 0 aromatic heterocycles. The molecule has 0 bridgehead atoms. The predicted octanol–water partition coefficient (Wildman–Crippen LogP) is 2.43. The van der Waals surface area contributed by atoms with Gasteiger partial charge in [-0.05, 0) is 30.4 Å². The molecule has 1 aliphatic heterocycles. The number of nitrogens with one attached hydrogen (secondary N) is 1. The van der Waals surface area contributed by atoms with Crippen molar-refractivity contribution >= 4 is 17.8 Å². The predicted molar refractivity (Wildman–Crippen MR) is 96.5 cm³/mol. The minimum atomic E-state index is -1.16. The molecule has 3 rings (SSSR count). The second kappa shape index (κ2) is 7.48. The van der Waals surface area contributed by atoms with E-state index in [-0.39, 0.29) is 24.3 Å². The zero-order valence-electron chi connectivity index (χ0n) is 15.2. The third-order valence-electron chi connectivity index (χ3n) is 5.69. The minimum Gasteiger partial charge on any atom is -0.480 e. The van der Waals surface area contributed by atoms with Crippen LogP contribution in [0.5, 0.6) is 0 Å². The summed E-state index contributed by atoms with van der Waals surface area (Å²) in [6.07, 6.45) is 4.39. The monoisotopic (exact) mass is 358 g/mol. The molecule has 1 aromatic rings. The van der Waals surface area contributed by atoms with Crippen LogP contribution in [0.15, 0.2) is 24.3 Å². The van der Waals surface area contributed by atoms with Crippen LogP contribution in [0.3, 0.4) is 0 Å².